The van der Waals surface area contributed by atoms with Crippen LogP contribution in [0.3, 0.4) is 0 Å². The zero-order chi connectivity index (χ0) is 21.7. The third-order valence-corrected chi connectivity index (χ3v) is 9.22. The van der Waals surface area contributed by atoms with E-state index in [-0.39, 0.29) is 11.8 Å². The Labute approximate surface area is 188 Å². The number of nitrogens with zero attached hydrogens (tertiary/aromatic N) is 3. The monoisotopic (exact) mass is 459 g/mol. The summed E-state index contributed by atoms with van der Waals surface area (Å²) in [6.45, 7) is 4.74. The lowest BCUT2D eigenvalue weighted by molar-refractivity contribution is -0.138. The van der Waals surface area contributed by atoms with Crippen molar-refractivity contribution in [3.63, 3.8) is 0 Å². The number of hydrogen-bond donors (Lipinski definition) is 0. The van der Waals surface area contributed by atoms with Gasteiger partial charge in [-0.1, -0.05) is 48.6 Å². The van der Waals surface area contributed by atoms with Crippen LogP contribution in [0.4, 0.5) is 0 Å². The zero-order valence-corrected chi connectivity index (χ0v) is 19.2. The van der Waals surface area contributed by atoms with Crippen LogP contribution in [0.1, 0.15) is 18.4 Å². The molecule has 166 valence electrons. The highest BCUT2D eigenvalue weighted by molar-refractivity contribution is 7.91. The number of carbonyl (C=O) groups excluding carboxylic acids is 1. The Bertz CT molecular complexity index is 982. The third-order valence-electron chi connectivity index (χ3n) is 5.98. The first-order valence-electron chi connectivity index (χ1n) is 10.8. The number of amides is 1. The minimum absolute atomic E-state index is 0.102. The molecule has 0 saturated carbocycles. The maximum atomic E-state index is 13.1. The topological polar surface area (TPSA) is 60.9 Å². The summed E-state index contributed by atoms with van der Waals surface area (Å²) in [5.74, 6) is -0.140. The summed E-state index contributed by atoms with van der Waals surface area (Å²) in [7, 11) is -3.49. The number of sulfonamides is 1. The van der Waals surface area contributed by atoms with E-state index in [1.807, 2.05) is 23.1 Å². The molecule has 0 radical (unpaired) electrons. The van der Waals surface area contributed by atoms with Crippen molar-refractivity contribution in [2.45, 2.75) is 17.1 Å². The van der Waals surface area contributed by atoms with Crippen LogP contribution in [0.25, 0.3) is 6.08 Å². The predicted molar refractivity (Wildman–Crippen MR) is 124 cm³/mol. The molecule has 2 fully saturated rings. The Hall–Kier alpha value is -2.00. The molecule has 1 atom stereocenters. The molecule has 4 rings (SSSR count). The second-order valence-corrected chi connectivity index (χ2v) is 11.2. The van der Waals surface area contributed by atoms with E-state index < -0.39 is 10.0 Å². The van der Waals surface area contributed by atoms with Crippen molar-refractivity contribution in [1.82, 2.24) is 14.1 Å². The molecular weight excluding hydrogens is 430 g/mol. The fourth-order valence-electron chi connectivity index (χ4n) is 4.21. The van der Waals surface area contributed by atoms with E-state index >= 15 is 0 Å². The highest BCUT2D eigenvalue weighted by Gasteiger charge is 2.36. The van der Waals surface area contributed by atoms with Gasteiger partial charge >= 0.3 is 0 Å². The number of piperidine rings is 1. The highest BCUT2D eigenvalue weighted by atomic mass is 32.2. The van der Waals surface area contributed by atoms with E-state index in [9.17, 15) is 13.2 Å². The molecule has 31 heavy (non-hydrogen) atoms. The van der Waals surface area contributed by atoms with Crippen molar-refractivity contribution in [2.24, 2.45) is 5.92 Å². The molecule has 0 N–H and O–H groups in total. The lowest BCUT2D eigenvalue weighted by Crippen LogP contribution is -2.52. The Morgan fingerprint density at radius 3 is 2.52 bits per heavy atom. The van der Waals surface area contributed by atoms with Gasteiger partial charge in [0.2, 0.25) is 5.91 Å². The summed E-state index contributed by atoms with van der Waals surface area (Å²) in [4.78, 5) is 17.4. The largest absolute Gasteiger partial charge is 0.340 e. The fourth-order valence-corrected chi connectivity index (χ4v) is 6.88. The molecule has 2 aliphatic rings. The Kier molecular flexibility index (Phi) is 7.22. The number of piperazine rings is 1. The third kappa shape index (κ3) is 5.44. The normalized spacial score (nSPS) is 21.5. The molecule has 2 aliphatic heterocycles. The van der Waals surface area contributed by atoms with Gasteiger partial charge in [-0.05, 0) is 29.9 Å². The SMILES string of the molecule is O=C([C@H]1CCCN(S(=O)(=O)c2cccs2)C1)N1CCN(C/C=C/c2ccccc2)CC1. The standard InChI is InChI=1S/C23H29N3O3S2/c27-23(21-10-5-13-26(19-21)31(28,29)22-11-6-18-30-22)25-16-14-24(15-17-25)12-4-9-20-7-2-1-3-8-20/h1-4,6-9,11,18,21H,5,10,12-17,19H2/b9-4+/t21-/m0/s1. The Morgan fingerprint density at radius 2 is 1.81 bits per heavy atom. The van der Waals surface area contributed by atoms with Crippen LogP contribution in [-0.4, -0.2) is 74.2 Å². The van der Waals surface area contributed by atoms with Gasteiger partial charge in [-0.2, -0.15) is 4.31 Å². The van der Waals surface area contributed by atoms with Crippen molar-refractivity contribution >= 4 is 33.3 Å². The van der Waals surface area contributed by atoms with Gasteiger partial charge in [0, 0.05) is 45.8 Å². The van der Waals surface area contributed by atoms with Crippen LogP contribution in [-0.2, 0) is 14.8 Å². The van der Waals surface area contributed by atoms with Crippen molar-refractivity contribution in [2.75, 3.05) is 45.8 Å². The number of rotatable bonds is 6. The van der Waals surface area contributed by atoms with E-state index in [0.717, 1.165) is 32.5 Å². The van der Waals surface area contributed by atoms with Gasteiger partial charge in [0.05, 0.1) is 5.92 Å². The first kappa shape index (κ1) is 22.2. The van der Waals surface area contributed by atoms with Gasteiger partial charge in [-0.3, -0.25) is 9.69 Å². The van der Waals surface area contributed by atoms with Crippen LogP contribution >= 0.6 is 11.3 Å². The summed E-state index contributed by atoms with van der Waals surface area (Å²) in [6.07, 6.45) is 5.78. The van der Waals surface area contributed by atoms with Crippen molar-refractivity contribution in [3.05, 3.63) is 59.5 Å². The molecular formula is C23H29N3O3S2. The van der Waals surface area contributed by atoms with Crippen LogP contribution in [0.5, 0.6) is 0 Å². The lowest BCUT2D eigenvalue weighted by Gasteiger charge is -2.38. The van der Waals surface area contributed by atoms with Gasteiger partial charge in [-0.15, -0.1) is 11.3 Å². The van der Waals surface area contributed by atoms with Gasteiger partial charge in [0.15, 0.2) is 0 Å². The molecule has 0 spiro atoms. The second kappa shape index (κ2) is 10.1. The second-order valence-electron chi connectivity index (χ2n) is 8.07. The highest BCUT2D eigenvalue weighted by Crippen LogP contribution is 2.27. The van der Waals surface area contributed by atoms with Crippen molar-refractivity contribution in [1.29, 1.82) is 0 Å². The smallest absolute Gasteiger partial charge is 0.252 e. The summed E-state index contributed by atoms with van der Waals surface area (Å²) >= 11 is 1.23. The molecule has 3 heterocycles. The maximum absolute atomic E-state index is 13.1. The first-order valence-corrected chi connectivity index (χ1v) is 13.1. The molecule has 8 heteroatoms. The zero-order valence-electron chi connectivity index (χ0n) is 17.6. The average Bonchev–Trinajstić information content (AvgIpc) is 3.36. The molecule has 1 amide bonds. The van der Waals surface area contributed by atoms with Gasteiger partial charge in [0.1, 0.15) is 4.21 Å². The van der Waals surface area contributed by atoms with Gasteiger partial charge in [0.25, 0.3) is 10.0 Å². The van der Waals surface area contributed by atoms with Crippen molar-refractivity contribution in [3.8, 4) is 0 Å². The Morgan fingerprint density at radius 1 is 1.03 bits per heavy atom. The maximum Gasteiger partial charge on any atom is 0.252 e. The van der Waals surface area contributed by atoms with E-state index in [1.165, 1.54) is 21.2 Å². The molecule has 2 aromatic rings. The summed E-state index contributed by atoms with van der Waals surface area (Å²) in [5, 5.41) is 1.77. The minimum Gasteiger partial charge on any atom is -0.340 e. The minimum atomic E-state index is -3.49. The number of carbonyl (C=O) groups is 1. The number of thiophene rings is 1. The molecule has 6 nitrogen and oxygen atoms in total. The van der Waals surface area contributed by atoms with Crippen LogP contribution in [0.2, 0.25) is 0 Å². The Balaban J connectivity index is 1.28. The van der Waals surface area contributed by atoms with Crippen LogP contribution < -0.4 is 0 Å². The van der Waals surface area contributed by atoms with E-state index in [0.29, 0.717) is 30.4 Å². The molecule has 0 unspecified atom stereocenters. The van der Waals surface area contributed by atoms with E-state index in [1.54, 1.807) is 17.5 Å². The average molecular weight is 460 g/mol. The quantitative estimate of drug-likeness (QED) is 0.666. The number of benzene rings is 1. The molecule has 1 aromatic heterocycles. The summed E-state index contributed by atoms with van der Waals surface area (Å²) in [5.41, 5.74) is 1.19. The van der Waals surface area contributed by atoms with E-state index in [4.69, 9.17) is 0 Å². The lowest BCUT2D eigenvalue weighted by atomic mass is 9.98. The van der Waals surface area contributed by atoms with Gasteiger partial charge in [-0.25, -0.2) is 8.42 Å². The summed E-state index contributed by atoms with van der Waals surface area (Å²) in [6, 6.07) is 13.6. The van der Waals surface area contributed by atoms with Gasteiger partial charge < -0.3 is 4.90 Å². The van der Waals surface area contributed by atoms with E-state index in [2.05, 4.69) is 29.2 Å². The van der Waals surface area contributed by atoms with Crippen LogP contribution in [0.15, 0.2) is 58.1 Å². The number of hydrogen-bond acceptors (Lipinski definition) is 5. The summed E-state index contributed by atoms with van der Waals surface area (Å²) < 4.78 is 27.5. The van der Waals surface area contributed by atoms with Crippen molar-refractivity contribution < 1.29 is 13.2 Å². The fraction of sp³-hybridized carbons (Fsp3) is 0.435. The molecule has 2 saturated heterocycles. The molecule has 0 aliphatic carbocycles. The molecule has 1 aromatic carbocycles. The molecule has 0 bridgehead atoms. The van der Waals surface area contributed by atoms with Crippen LogP contribution in [0, 0.1) is 5.92 Å². The predicted octanol–water partition coefficient (Wildman–Crippen LogP) is 3.01. The first-order chi connectivity index (χ1) is 15.0.